The van der Waals surface area contributed by atoms with Gasteiger partial charge in [-0.05, 0) is 47.9 Å². The molecule has 1 aromatic heterocycles. The predicted molar refractivity (Wildman–Crippen MR) is 103 cm³/mol. The Morgan fingerprint density at radius 1 is 1.25 bits per heavy atom. The van der Waals surface area contributed by atoms with E-state index in [-0.39, 0.29) is 29.9 Å². The first kappa shape index (κ1) is 19.4. The van der Waals surface area contributed by atoms with E-state index in [9.17, 15) is 14.3 Å². The molecule has 0 aliphatic rings. The Kier molecular flexibility index (Phi) is 5.63. The highest BCUT2D eigenvalue weighted by molar-refractivity contribution is 5.95. The first-order valence-corrected chi connectivity index (χ1v) is 8.88. The number of benzene rings is 2. The van der Waals surface area contributed by atoms with Crippen molar-refractivity contribution in [3.8, 4) is 17.2 Å². The number of amides is 1. The lowest BCUT2D eigenvalue weighted by Crippen LogP contribution is -2.24. The van der Waals surface area contributed by atoms with Crippen LogP contribution in [0.5, 0.6) is 11.5 Å². The molecule has 7 heteroatoms. The number of halogens is 1. The number of phenolic OH excluding ortho intramolecular Hbond substituents is 1. The lowest BCUT2D eigenvalue weighted by Gasteiger charge is -2.13. The summed E-state index contributed by atoms with van der Waals surface area (Å²) in [5.41, 5.74) is 2.69. The third-order valence-electron chi connectivity index (χ3n) is 4.37. The van der Waals surface area contributed by atoms with E-state index in [1.165, 1.54) is 31.5 Å². The monoisotopic (exact) mass is 383 g/mol. The minimum atomic E-state index is -0.329. The summed E-state index contributed by atoms with van der Waals surface area (Å²) in [5, 5.41) is 16.9. The van der Waals surface area contributed by atoms with Gasteiger partial charge in [0.25, 0.3) is 5.91 Å². The molecule has 1 heterocycles. The number of aromatic nitrogens is 2. The second kappa shape index (κ2) is 8.12. The fourth-order valence-electron chi connectivity index (χ4n) is 2.99. The van der Waals surface area contributed by atoms with E-state index in [1.54, 1.807) is 28.9 Å². The van der Waals surface area contributed by atoms with Gasteiger partial charge in [-0.25, -0.2) is 9.07 Å². The minimum absolute atomic E-state index is 0.0297. The van der Waals surface area contributed by atoms with Gasteiger partial charge in [-0.2, -0.15) is 5.10 Å². The van der Waals surface area contributed by atoms with E-state index in [2.05, 4.69) is 10.4 Å². The molecule has 0 bridgehead atoms. The summed E-state index contributed by atoms with van der Waals surface area (Å²) < 4.78 is 20.0. The molecule has 0 atom stereocenters. The maximum Gasteiger partial charge on any atom is 0.255 e. The molecule has 146 valence electrons. The van der Waals surface area contributed by atoms with E-state index in [0.717, 1.165) is 11.3 Å². The summed E-state index contributed by atoms with van der Waals surface area (Å²) in [6.07, 6.45) is 1.52. The SMILES string of the molecule is COc1cc(CNC(=O)c2cnn(-c3ccc(F)cc3)c2C(C)C)ccc1O. The molecule has 6 nitrogen and oxygen atoms in total. The summed E-state index contributed by atoms with van der Waals surface area (Å²) in [7, 11) is 1.47. The Balaban J connectivity index is 1.83. The van der Waals surface area contributed by atoms with Gasteiger partial charge in [0.15, 0.2) is 11.5 Å². The molecule has 3 rings (SSSR count). The molecule has 2 N–H and O–H groups in total. The molecular weight excluding hydrogens is 361 g/mol. The second-order valence-electron chi connectivity index (χ2n) is 6.68. The highest BCUT2D eigenvalue weighted by Crippen LogP contribution is 2.26. The topological polar surface area (TPSA) is 76.4 Å². The van der Waals surface area contributed by atoms with Crippen molar-refractivity contribution in [3.05, 3.63) is 71.3 Å². The highest BCUT2D eigenvalue weighted by Gasteiger charge is 2.21. The number of hydrogen-bond acceptors (Lipinski definition) is 4. The van der Waals surface area contributed by atoms with Crippen LogP contribution in [0.2, 0.25) is 0 Å². The molecule has 0 saturated carbocycles. The average molecular weight is 383 g/mol. The van der Waals surface area contributed by atoms with Crippen LogP contribution < -0.4 is 10.1 Å². The lowest BCUT2D eigenvalue weighted by atomic mass is 10.0. The smallest absolute Gasteiger partial charge is 0.255 e. The van der Waals surface area contributed by atoms with Gasteiger partial charge in [0.2, 0.25) is 0 Å². The first-order valence-electron chi connectivity index (χ1n) is 8.88. The number of phenols is 1. The molecule has 0 radical (unpaired) electrons. The third kappa shape index (κ3) is 3.98. The zero-order valence-corrected chi connectivity index (χ0v) is 15.9. The van der Waals surface area contributed by atoms with Crippen LogP contribution in [0.25, 0.3) is 5.69 Å². The van der Waals surface area contributed by atoms with E-state index in [4.69, 9.17) is 4.74 Å². The fraction of sp³-hybridized carbons (Fsp3) is 0.238. The summed E-state index contributed by atoms with van der Waals surface area (Å²) in [5.74, 6) is -0.172. The maximum absolute atomic E-state index is 13.2. The molecule has 1 amide bonds. The second-order valence-corrected chi connectivity index (χ2v) is 6.68. The van der Waals surface area contributed by atoms with Crippen molar-refractivity contribution in [2.75, 3.05) is 7.11 Å². The van der Waals surface area contributed by atoms with E-state index in [1.807, 2.05) is 13.8 Å². The quantitative estimate of drug-likeness (QED) is 0.679. The maximum atomic E-state index is 13.2. The number of nitrogens with one attached hydrogen (secondary N) is 1. The molecular formula is C21H22FN3O3. The van der Waals surface area contributed by atoms with Gasteiger partial charge in [-0.15, -0.1) is 0 Å². The molecule has 3 aromatic rings. The number of nitrogens with zero attached hydrogens (tertiary/aromatic N) is 2. The molecule has 2 aromatic carbocycles. The first-order chi connectivity index (χ1) is 13.4. The van der Waals surface area contributed by atoms with Crippen molar-refractivity contribution in [1.29, 1.82) is 0 Å². The Bertz CT molecular complexity index is 981. The predicted octanol–water partition coefficient (Wildman–Crippen LogP) is 3.78. The van der Waals surface area contributed by atoms with Crippen LogP contribution in [-0.4, -0.2) is 27.9 Å². The van der Waals surface area contributed by atoms with Gasteiger partial charge in [-0.1, -0.05) is 19.9 Å². The summed E-state index contributed by atoms with van der Waals surface area (Å²) >= 11 is 0. The zero-order valence-electron chi connectivity index (χ0n) is 15.9. The Morgan fingerprint density at radius 2 is 1.96 bits per heavy atom. The number of carbonyl (C=O) groups is 1. The van der Waals surface area contributed by atoms with E-state index >= 15 is 0 Å². The van der Waals surface area contributed by atoms with Crippen molar-refractivity contribution in [3.63, 3.8) is 0 Å². The summed E-state index contributed by atoms with van der Waals surface area (Å²) in [6, 6.07) is 10.9. The van der Waals surface area contributed by atoms with Crippen molar-refractivity contribution in [2.45, 2.75) is 26.3 Å². The van der Waals surface area contributed by atoms with Gasteiger partial charge in [0.1, 0.15) is 5.82 Å². The number of aromatic hydroxyl groups is 1. The van der Waals surface area contributed by atoms with Gasteiger partial charge in [0, 0.05) is 6.54 Å². The van der Waals surface area contributed by atoms with Gasteiger partial charge in [0.05, 0.1) is 30.3 Å². The molecule has 0 unspecified atom stereocenters. The normalized spacial score (nSPS) is 10.9. The minimum Gasteiger partial charge on any atom is -0.504 e. The number of ether oxygens (including phenoxy) is 1. The number of methoxy groups -OCH3 is 1. The highest BCUT2D eigenvalue weighted by atomic mass is 19.1. The lowest BCUT2D eigenvalue weighted by molar-refractivity contribution is 0.0949. The Labute approximate surface area is 162 Å². The van der Waals surface area contributed by atoms with Crippen LogP contribution in [-0.2, 0) is 6.54 Å². The molecule has 28 heavy (non-hydrogen) atoms. The van der Waals surface area contributed by atoms with Crippen LogP contribution in [0.1, 0.15) is 41.4 Å². The number of hydrogen-bond donors (Lipinski definition) is 2. The number of carbonyl (C=O) groups excluding carboxylic acids is 1. The van der Waals surface area contributed by atoms with Crippen LogP contribution in [0.3, 0.4) is 0 Å². The fourth-order valence-corrected chi connectivity index (χ4v) is 2.99. The van der Waals surface area contributed by atoms with Gasteiger partial charge < -0.3 is 15.2 Å². The zero-order chi connectivity index (χ0) is 20.3. The van der Waals surface area contributed by atoms with Crippen molar-refractivity contribution in [2.24, 2.45) is 0 Å². The van der Waals surface area contributed by atoms with Crippen LogP contribution >= 0.6 is 0 Å². The summed E-state index contributed by atoms with van der Waals surface area (Å²) in [4.78, 5) is 12.8. The van der Waals surface area contributed by atoms with Gasteiger partial charge >= 0.3 is 0 Å². The van der Waals surface area contributed by atoms with E-state index in [0.29, 0.717) is 17.0 Å². The largest absolute Gasteiger partial charge is 0.504 e. The van der Waals surface area contributed by atoms with Crippen LogP contribution in [0.15, 0.2) is 48.7 Å². The average Bonchev–Trinajstić information content (AvgIpc) is 3.13. The van der Waals surface area contributed by atoms with Crippen LogP contribution in [0, 0.1) is 5.82 Å². The summed E-state index contributed by atoms with van der Waals surface area (Å²) in [6.45, 7) is 4.21. The van der Waals surface area contributed by atoms with Crippen molar-refractivity contribution < 1.29 is 19.0 Å². The molecule has 0 fully saturated rings. The van der Waals surface area contributed by atoms with E-state index < -0.39 is 0 Å². The molecule has 0 aliphatic carbocycles. The van der Waals surface area contributed by atoms with Gasteiger partial charge in [-0.3, -0.25) is 4.79 Å². The van der Waals surface area contributed by atoms with Crippen molar-refractivity contribution in [1.82, 2.24) is 15.1 Å². The molecule has 0 aliphatic heterocycles. The third-order valence-corrected chi connectivity index (χ3v) is 4.37. The Hall–Kier alpha value is -3.35. The number of rotatable bonds is 6. The van der Waals surface area contributed by atoms with Crippen LogP contribution in [0.4, 0.5) is 4.39 Å². The van der Waals surface area contributed by atoms with Crippen molar-refractivity contribution >= 4 is 5.91 Å². The molecule has 0 spiro atoms. The Morgan fingerprint density at radius 3 is 2.61 bits per heavy atom. The standard InChI is InChI=1S/C21H22FN3O3/c1-13(2)20-17(12-24-25(20)16-7-5-15(22)6-8-16)21(27)23-11-14-4-9-18(26)19(10-14)28-3/h4-10,12-13,26H,11H2,1-3H3,(H,23,27). The molecule has 0 saturated heterocycles.